The van der Waals surface area contributed by atoms with Crippen molar-refractivity contribution in [2.75, 3.05) is 6.61 Å². The quantitative estimate of drug-likeness (QED) is 0.886. The predicted molar refractivity (Wildman–Crippen MR) is 93.8 cm³/mol. The minimum Gasteiger partial charge on any atom is -0.372 e. The van der Waals surface area contributed by atoms with Crippen LogP contribution in [0.1, 0.15) is 42.6 Å². The van der Waals surface area contributed by atoms with Gasteiger partial charge < -0.3 is 4.74 Å². The minimum atomic E-state index is -3.56. The third-order valence-corrected chi connectivity index (χ3v) is 6.57. The molecule has 2 aromatic rings. The highest BCUT2D eigenvalue weighted by Gasteiger charge is 2.34. The molecule has 0 amide bonds. The highest BCUT2D eigenvalue weighted by atomic mass is 32.2. The first-order valence-electron chi connectivity index (χ1n) is 8.85. The van der Waals surface area contributed by atoms with E-state index in [4.69, 9.17) is 4.74 Å². The van der Waals surface area contributed by atoms with E-state index in [0.29, 0.717) is 17.9 Å². The fourth-order valence-electron chi connectivity index (χ4n) is 3.72. The summed E-state index contributed by atoms with van der Waals surface area (Å²) in [6.07, 6.45) is 7.17. The van der Waals surface area contributed by atoms with Gasteiger partial charge in [-0.2, -0.15) is 5.10 Å². The maximum atomic E-state index is 12.8. The van der Waals surface area contributed by atoms with Crippen molar-refractivity contribution in [3.8, 4) is 0 Å². The van der Waals surface area contributed by atoms with Crippen LogP contribution in [0.15, 0.2) is 35.5 Å². The third-order valence-electron chi connectivity index (χ3n) is 5.08. The highest BCUT2D eigenvalue weighted by molar-refractivity contribution is 7.89. The molecule has 25 heavy (non-hydrogen) atoms. The topological polar surface area (TPSA) is 73.2 Å². The molecule has 1 aliphatic heterocycles. The van der Waals surface area contributed by atoms with Gasteiger partial charge in [0.15, 0.2) is 0 Å². The van der Waals surface area contributed by atoms with Crippen LogP contribution in [-0.2, 0) is 34.1 Å². The van der Waals surface area contributed by atoms with Crippen LogP contribution in [0.4, 0.5) is 0 Å². The smallest absolute Gasteiger partial charge is 0.240 e. The second-order valence-electron chi connectivity index (χ2n) is 6.72. The van der Waals surface area contributed by atoms with Crippen molar-refractivity contribution < 1.29 is 13.2 Å². The van der Waals surface area contributed by atoms with Gasteiger partial charge in [-0.25, -0.2) is 13.1 Å². The van der Waals surface area contributed by atoms with Crippen molar-refractivity contribution in [3.63, 3.8) is 0 Å². The summed E-state index contributed by atoms with van der Waals surface area (Å²) in [5.74, 6) is 0. The van der Waals surface area contributed by atoms with E-state index in [1.165, 1.54) is 5.56 Å². The van der Waals surface area contributed by atoms with Gasteiger partial charge in [0, 0.05) is 24.9 Å². The van der Waals surface area contributed by atoms with Gasteiger partial charge in [-0.1, -0.05) is 6.07 Å². The van der Waals surface area contributed by atoms with E-state index in [0.717, 1.165) is 36.9 Å². The van der Waals surface area contributed by atoms with E-state index in [9.17, 15) is 8.42 Å². The first kappa shape index (κ1) is 16.8. The Morgan fingerprint density at radius 1 is 1.32 bits per heavy atom. The van der Waals surface area contributed by atoms with Crippen molar-refractivity contribution in [2.45, 2.75) is 56.2 Å². The Hall–Kier alpha value is -1.70. The summed E-state index contributed by atoms with van der Waals surface area (Å²) in [5.41, 5.74) is 3.35. The molecule has 2 aliphatic rings. The third kappa shape index (κ3) is 3.23. The zero-order valence-electron chi connectivity index (χ0n) is 14.3. The standard InChI is InChI=1S/C18H23N3O3S/c1-2-21-12-15(11-19-21)18-17(8-9-24-18)20-25(22,23)16-7-6-13-4-3-5-14(13)10-16/h6-7,10-12,17-18,20H,2-5,8-9H2,1H3/t17-,18+/m0/s1. The number of nitrogens with one attached hydrogen (secondary N) is 1. The molecule has 0 saturated carbocycles. The molecule has 1 aromatic heterocycles. The van der Waals surface area contributed by atoms with Crippen LogP contribution in [0, 0.1) is 0 Å². The first-order valence-corrected chi connectivity index (χ1v) is 10.3. The average Bonchev–Trinajstić information content (AvgIpc) is 3.33. The fourth-order valence-corrected chi connectivity index (χ4v) is 5.04. The van der Waals surface area contributed by atoms with E-state index in [1.54, 1.807) is 12.3 Å². The predicted octanol–water partition coefficient (Wildman–Crippen LogP) is 2.20. The summed E-state index contributed by atoms with van der Waals surface area (Å²) in [6.45, 7) is 3.33. The molecule has 1 fully saturated rings. The summed E-state index contributed by atoms with van der Waals surface area (Å²) in [6, 6.07) is 5.22. The van der Waals surface area contributed by atoms with Crippen LogP contribution in [0.3, 0.4) is 0 Å². The van der Waals surface area contributed by atoms with Crippen LogP contribution in [0.25, 0.3) is 0 Å². The number of hydrogen-bond acceptors (Lipinski definition) is 4. The lowest BCUT2D eigenvalue weighted by Crippen LogP contribution is -2.36. The molecule has 0 unspecified atom stereocenters. The second-order valence-corrected chi connectivity index (χ2v) is 8.44. The Balaban J connectivity index is 1.55. The summed E-state index contributed by atoms with van der Waals surface area (Å²) < 4.78 is 36.1. The number of rotatable bonds is 5. The molecule has 1 aromatic carbocycles. The van der Waals surface area contributed by atoms with Gasteiger partial charge in [-0.05, 0) is 55.9 Å². The van der Waals surface area contributed by atoms with Gasteiger partial charge in [-0.15, -0.1) is 0 Å². The molecule has 0 spiro atoms. The molecule has 2 atom stereocenters. The van der Waals surface area contributed by atoms with Crippen LogP contribution >= 0.6 is 0 Å². The van der Waals surface area contributed by atoms with E-state index >= 15 is 0 Å². The van der Waals surface area contributed by atoms with E-state index < -0.39 is 10.0 Å². The largest absolute Gasteiger partial charge is 0.372 e. The average molecular weight is 361 g/mol. The van der Waals surface area contributed by atoms with Gasteiger partial charge in [0.2, 0.25) is 10.0 Å². The van der Waals surface area contributed by atoms with Gasteiger partial charge in [0.1, 0.15) is 6.10 Å². The number of nitrogens with zero attached hydrogens (tertiary/aromatic N) is 2. The van der Waals surface area contributed by atoms with Crippen molar-refractivity contribution >= 4 is 10.0 Å². The number of ether oxygens (including phenoxy) is 1. The highest BCUT2D eigenvalue weighted by Crippen LogP contribution is 2.31. The van der Waals surface area contributed by atoms with Gasteiger partial charge in [-0.3, -0.25) is 4.68 Å². The van der Waals surface area contributed by atoms with Crippen LogP contribution in [0.5, 0.6) is 0 Å². The molecule has 1 saturated heterocycles. The summed E-state index contributed by atoms with van der Waals surface area (Å²) in [4.78, 5) is 0.350. The normalized spacial score (nSPS) is 23.1. The van der Waals surface area contributed by atoms with Gasteiger partial charge >= 0.3 is 0 Å². The summed E-state index contributed by atoms with van der Waals surface area (Å²) >= 11 is 0. The first-order chi connectivity index (χ1) is 12.1. The molecule has 4 rings (SSSR count). The number of benzene rings is 1. The molecule has 0 bridgehead atoms. The summed E-state index contributed by atoms with van der Waals surface area (Å²) in [7, 11) is -3.56. The second kappa shape index (κ2) is 6.55. The number of aromatic nitrogens is 2. The number of aryl methyl sites for hydroxylation is 3. The van der Waals surface area contributed by atoms with E-state index in [-0.39, 0.29) is 12.1 Å². The van der Waals surface area contributed by atoms with Crippen LogP contribution in [0.2, 0.25) is 0 Å². The Kier molecular flexibility index (Phi) is 4.39. The van der Waals surface area contributed by atoms with Crippen LogP contribution < -0.4 is 4.72 Å². The van der Waals surface area contributed by atoms with Crippen molar-refractivity contribution in [1.29, 1.82) is 0 Å². The summed E-state index contributed by atoms with van der Waals surface area (Å²) in [5, 5.41) is 4.27. The zero-order chi connectivity index (χ0) is 17.4. The maximum absolute atomic E-state index is 12.8. The lowest BCUT2D eigenvalue weighted by Gasteiger charge is -2.19. The van der Waals surface area contributed by atoms with E-state index in [1.807, 2.05) is 29.9 Å². The molecule has 6 nitrogen and oxygen atoms in total. The van der Waals surface area contributed by atoms with Gasteiger partial charge in [0.05, 0.1) is 17.1 Å². The van der Waals surface area contributed by atoms with Crippen LogP contribution in [-0.4, -0.2) is 30.8 Å². The Morgan fingerprint density at radius 3 is 2.96 bits per heavy atom. The van der Waals surface area contributed by atoms with Crippen molar-refractivity contribution in [2.24, 2.45) is 0 Å². The SMILES string of the molecule is CCn1cc([C@H]2OCC[C@@H]2NS(=O)(=O)c2ccc3c(c2)CCC3)cn1. The molecule has 7 heteroatoms. The molecule has 134 valence electrons. The Morgan fingerprint density at radius 2 is 2.16 bits per heavy atom. The lowest BCUT2D eigenvalue weighted by atomic mass is 10.1. The fraction of sp³-hybridized carbons (Fsp3) is 0.500. The molecular weight excluding hydrogens is 338 g/mol. The van der Waals surface area contributed by atoms with Crippen molar-refractivity contribution in [3.05, 3.63) is 47.3 Å². The molecule has 2 heterocycles. The maximum Gasteiger partial charge on any atom is 0.240 e. The van der Waals surface area contributed by atoms with Crippen molar-refractivity contribution in [1.82, 2.24) is 14.5 Å². The number of hydrogen-bond donors (Lipinski definition) is 1. The molecular formula is C18H23N3O3S. The number of sulfonamides is 1. The minimum absolute atomic E-state index is 0.271. The monoisotopic (exact) mass is 361 g/mol. The number of fused-ring (bicyclic) bond motifs is 1. The zero-order valence-corrected chi connectivity index (χ0v) is 15.1. The Labute approximate surface area is 148 Å². The Bertz CT molecular complexity index is 875. The van der Waals surface area contributed by atoms with E-state index in [2.05, 4.69) is 9.82 Å². The van der Waals surface area contributed by atoms with Gasteiger partial charge in [0.25, 0.3) is 0 Å². The molecule has 1 aliphatic carbocycles. The molecule has 1 N–H and O–H groups in total. The lowest BCUT2D eigenvalue weighted by molar-refractivity contribution is 0.102. The molecule has 0 radical (unpaired) electrons.